The van der Waals surface area contributed by atoms with Gasteiger partial charge in [-0.15, -0.1) is 0 Å². The third kappa shape index (κ3) is 32.8. The average Bonchev–Trinajstić information content (AvgIpc) is 3.09. The zero-order valence-corrected chi connectivity index (χ0v) is 32.7. The minimum absolute atomic E-state index is 0.167. The number of carbonyl (C=O) groups excluding carboxylic acids is 1. The van der Waals surface area contributed by atoms with E-state index < -0.39 is 11.9 Å². The van der Waals surface area contributed by atoms with Gasteiger partial charge in [0.1, 0.15) is 6.10 Å². The van der Waals surface area contributed by atoms with E-state index in [1.807, 2.05) is 0 Å². The van der Waals surface area contributed by atoms with Crippen LogP contribution >= 0.6 is 0 Å². The molecule has 0 spiro atoms. The molecule has 0 aromatic rings. The summed E-state index contributed by atoms with van der Waals surface area (Å²) >= 11 is 0. The molecule has 0 saturated heterocycles. The Balaban J connectivity index is 4.39. The number of nitrogens with zero attached hydrogens (tertiary/aromatic N) is 1. The minimum atomic E-state index is -0.761. The molecule has 2 atom stereocenters. The van der Waals surface area contributed by atoms with Gasteiger partial charge in [-0.3, -0.25) is 9.59 Å². The van der Waals surface area contributed by atoms with Crippen molar-refractivity contribution in [2.24, 2.45) is 5.92 Å². The highest BCUT2D eigenvalue weighted by Gasteiger charge is 2.25. The first-order valence-corrected chi connectivity index (χ1v) is 20.7. The number of unbranched alkanes of at least 4 members (excludes halogenated alkanes) is 15. The van der Waals surface area contributed by atoms with E-state index in [1.165, 1.54) is 64.2 Å². The van der Waals surface area contributed by atoms with Gasteiger partial charge in [0.05, 0.1) is 5.92 Å². The highest BCUT2D eigenvalue weighted by atomic mass is 16.5. The van der Waals surface area contributed by atoms with Gasteiger partial charge in [0.2, 0.25) is 0 Å². The van der Waals surface area contributed by atoms with E-state index in [2.05, 4.69) is 81.2 Å². The molecule has 0 heterocycles. The molecule has 0 amide bonds. The zero-order valence-electron chi connectivity index (χ0n) is 32.7. The van der Waals surface area contributed by atoms with Crippen LogP contribution in [0.3, 0.4) is 0 Å². The third-order valence-corrected chi connectivity index (χ3v) is 9.44. The Kier molecular flexibility index (Phi) is 35.5. The highest BCUT2D eigenvalue weighted by Crippen LogP contribution is 2.22. The van der Waals surface area contributed by atoms with Crippen LogP contribution in [0.15, 0.2) is 48.6 Å². The van der Waals surface area contributed by atoms with Crippen molar-refractivity contribution in [2.75, 3.05) is 19.6 Å². The fourth-order valence-electron chi connectivity index (χ4n) is 6.10. The average molecular weight is 686 g/mol. The molecule has 5 heteroatoms. The lowest BCUT2D eigenvalue weighted by molar-refractivity contribution is -0.154. The number of esters is 1. The first-order valence-electron chi connectivity index (χ1n) is 20.7. The normalized spacial score (nSPS) is 13.5. The largest absolute Gasteiger partial charge is 0.481 e. The maximum atomic E-state index is 12.8. The molecule has 5 nitrogen and oxygen atoms in total. The number of carboxylic acid groups (broad SMARTS) is 1. The lowest BCUT2D eigenvalue weighted by atomic mass is 9.93. The summed E-state index contributed by atoms with van der Waals surface area (Å²) < 4.78 is 5.96. The first kappa shape index (κ1) is 46.9. The standard InChI is InChI=1S/C44H79NO4/c1-5-9-11-13-15-17-19-21-23-25-27-29-31-33-35-37-43(46)49-42(38-39-45(7-3)8-4)40-41(44(47)48)36-34-32-30-28-26-24-22-20-18-16-14-12-10-6-2/h15-18,21-24,41-42H,5-14,19-20,25-40H2,1-4H3,(H,47,48). The van der Waals surface area contributed by atoms with E-state index in [1.54, 1.807) is 0 Å². The van der Waals surface area contributed by atoms with Crippen molar-refractivity contribution >= 4 is 11.9 Å². The molecule has 49 heavy (non-hydrogen) atoms. The van der Waals surface area contributed by atoms with E-state index in [0.29, 0.717) is 25.7 Å². The van der Waals surface area contributed by atoms with Crippen LogP contribution in [0.2, 0.25) is 0 Å². The van der Waals surface area contributed by atoms with Gasteiger partial charge in [-0.1, -0.05) is 141 Å². The molecule has 284 valence electrons. The molecule has 0 aromatic carbocycles. The van der Waals surface area contributed by atoms with Crippen LogP contribution in [0.1, 0.15) is 188 Å². The van der Waals surface area contributed by atoms with Crippen LogP contribution in [0.4, 0.5) is 0 Å². The lowest BCUT2D eigenvalue weighted by Crippen LogP contribution is -2.31. The van der Waals surface area contributed by atoms with E-state index in [4.69, 9.17) is 4.74 Å². The second-order valence-corrected chi connectivity index (χ2v) is 13.8. The summed E-state index contributed by atoms with van der Waals surface area (Å²) in [6, 6.07) is 0. The van der Waals surface area contributed by atoms with Gasteiger partial charge in [-0.2, -0.15) is 0 Å². The van der Waals surface area contributed by atoms with Gasteiger partial charge in [-0.05, 0) is 103 Å². The predicted molar refractivity (Wildman–Crippen MR) is 212 cm³/mol. The molecule has 0 aliphatic carbocycles. The molecule has 0 fully saturated rings. The number of ether oxygens (including phenoxy) is 1. The summed E-state index contributed by atoms with van der Waals surface area (Å²) in [6.45, 7) is 11.5. The Labute approximate surface area is 304 Å². The van der Waals surface area contributed by atoms with Gasteiger partial charge in [-0.25, -0.2) is 0 Å². The molecular formula is C44H79NO4. The minimum Gasteiger partial charge on any atom is -0.481 e. The van der Waals surface area contributed by atoms with Crippen LogP contribution < -0.4 is 0 Å². The SMILES string of the molecule is CCCCCC=CCC=CCCCCCCCC(=O)OC(CCN(CC)CC)CC(CCCCCCC=CCC=CCCCCC)C(=O)O. The van der Waals surface area contributed by atoms with Gasteiger partial charge in [0.15, 0.2) is 0 Å². The zero-order chi connectivity index (χ0) is 36.0. The van der Waals surface area contributed by atoms with E-state index in [9.17, 15) is 14.7 Å². The summed E-state index contributed by atoms with van der Waals surface area (Å²) in [4.78, 5) is 27.3. The van der Waals surface area contributed by atoms with E-state index in [-0.39, 0.29) is 12.1 Å². The van der Waals surface area contributed by atoms with Gasteiger partial charge < -0.3 is 14.7 Å². The molecule has 0 rings (SSSR count). The van der Waals surface area contributed by atoms with Crippen molar-refractivity contribution in [1.82, 2.24) is 4.90 Å². The Morgan fingerprint density at radius 3 is 1.49 bits per heavy atom. The molecular weight excluding hydrogens is 606 g/mol. The number of carbonyl (C=O) groups is 2. The smallest absolute Gasteiger partial charge is 0.306 e. The second kappa shape index (κ2) is 37.1. The second-order valence-electron chi connectivity index (χ2n) is 13.8. The van der Waals surface area contributed by atoms with Crippen molar-refractivity contribution in [1.29, 1.82) is 0 Å². The Morgan fingerprint density at radius 1 is 0.571 bits per heavy atom. The van der Waals surface area contributed by atoms with Crippen molar-refractivity contribution < 1.29 is 19.4 Å². The number of carboxylic acids is 1. The molecule has 0 aromatic heterocycles. The fourth-order valence-corrected chi connectivity index (χ4v) is 6.10. The van der Waals surface area contributed by atoms with Gasteiger partial charge >= 0.3 is 11.9 Å². The van der Waals surface area contributed by atoms with Crippen molar-refractivity contribution in [3.05, 3.63) is 48.6 Å². The van der Waals surface area contributed by atoms with Crippen LogP contribution in [0.5, 0.6) is 0 Å². The molecule has 0 aliphatic heterocycles. The lowest BCUT2D eigenvalue weighted by Gasteiger charge is -2.25. The molecule has 0 aliphatic rings. The number of hydrogen-bond donors (Lipinski definition) is 1. The van der Waals surface area contributed by atoms with E-state index in [0.717, 1.165) is 90.3 Å². The number of hydrogen-bond acceptors (Lipinski definition) is 4. The summed E-state index contributed by atoms with van der Waals surface area (Å²) in [5, 5.41) is 10.0. The Hall–Kier alpha value is -2.14. The number of aliphatic carboxylic acids is 1. The Bertz CT molecular complexity index is 857. The molecule has 0 saturated carbocycles. The topological polar surface area (TPSA) is 66.8 Å². The van der Waals surface area contributed by atoms with Crippen LogP contribution in [0, 0.1) is 5.92 Å². The third-order valence-electron chi connectivity index (χ3n) is 9.44. The summed E-state index contributed by atoms with van der Waals surface area (Å²) in [6.07, 6.45) is 44.1. The van der Waals surface area contributed by atoms with Crippen molar-refractivity contribution in [3.8, 4) is 0 Å². The molecule has 0 bridgehead atoms. The summed E-state index contributed by atoms with van der Waals surface area (Å²) in [5.74, 6) is -1.39. The monoisotopic (exact) mass is 686 g/mol. The predicted octanol–water partition coefficient (Wildman–Crippen LogP) is 13.0. The highest BCUT2D eigenvalue weighted by molar-refractivity contribution is 5.71. The van der Waals surface area contributed by atoms with Crippen LogP contribution in [-0.4, -0.2) is 47.7 Å². The van der Waals surface area contributed by atoms with Gasteiger partial charge in [0, 0.05) is 13.0 Å². The number of allylic oxidation sites excluding steroid dienone is 8. The quantitative estimate of drug-likeness (QED) is 0.0404. The van der Waals surface area contributed by atoms with E-state index >= 15 is 0 Å². The van der Waals surface area contributed by atoms with Crippen molar-refractivity contribution in [2.45, 2.75) is 194 Å². The number of rotatable bonds is 36. The Morgan fingerprint density at radius 2 is 1.02 bits per heavy atom. The summed E-state index contributed by atoms with van der Waals surface area (Å²) in [7, 11) is 0. The maximum absolute atomic E-state index is 12.8. The molecule has 1 N–H and O–H groups in total. The first-order chi connectivity index (χ1) is 24.0. The van der Waals surface area contributed by atoms with Gasteiger partial charge in [0.25, 0.3) is 0 Å². The fraction of sp³-hybridized carbons (Fsp3) is 0.773. The summed E-state index contributed by atoms with van der Waals surface area (Å²) in [5.41, 5.74) is 0. The molecule has 2 unspecified atom stereocenters. The van der Waals surface area contributed by atoms with Crippen LogP contribution in [-0.2, 0) is 14.3 Å². The maximum Gasteiger partial charge on any atom is 0.306 e. The van der Waals surface area contributed by atoms with Crippen LogP contribution in [0.25, 0.3) is 0 Å². The van der Waals surface area contributed by atoms with Crippen molar-refractivity contribution in [3.63, 3.8) is 0 Å². The molecule has 0 radical (unpaired) electrons.